The van der Waals surface area contributed by atoms with E-state index in [4.69, 9.17) is 0 Å². The van der Waals surface area contributed by atoms with Crippen molar-refractivity contribution in [3.8, 4) is 0 Å². The van der Waals surface area contributed by atoms with E-state index in [1.165, 1.54) is 4.57 Å². The number of imidazole rings is 1. The molecule has 1 aromatic rings. The van der Waals surface area contributed by atoms with Gasteiger partial charge in [0.15, 0.2) is 5.69 Å². The monoisotopic (exact) mass is 303 g/mol. The van der Waals surface area contributed by atoms with Crippen LogP contribution in [0.2, 0.25) is 0 Å². The van der Waals surface area contributed by atoms with Crippen LogP contribution in [0.15, 0.2) is 6.20 Å². The molecule has 0 radical (unpaired) electrons. The second-order valence-corrected chi connectivity index (χ2v) is 5.41. The molecule has 1 saturated heterocycles. The van der Waals surface area contributed by atoms with Crippen molar-refractivity contribution in [2.24, 2.45) is 5.92 Å². The maximum absolute atomic E-state index is 12.7. The summed E-state index contributed by atoms with van der Waals surface area (Å²) in [5, 5.41) is 0. The minimum atomic E-state index is -4.45. The molecule has 3 heterocycles. The Morgan fingerprint density at radius 1 is 1.43 bits per heavy atom. The number of nitrogens with one attached hydrogen (secondary N) is 2. The standard InChI is InChI=1S/C12H16F3N5O/c1-7-8(4-16-18-7)11(21)20-3-2-19-5-9(12(13,14)15)17-10(19)6-20/h5,7-8,16,18H,2-4,6H2,1H3. The highest BCUT2D eigenvalue weighted by Gasteiger charge is 2.38. The minimum absolute atomic E-state index is 0.00454. The fraction of sp³-hybridized carbons (Fsp3) is 0.667. The van der Waals surface area contributed by atoms with E-state index in [0.717, 1.165) is 6.20 Å². The van der Waals surface area contributed by atoms with Crippen LogP contribution in [-0.2, 0) is 24.1 Å². The van der Waals surface area contributed by atoms with Crippen LogP contribution >= 0.6 is 0 Å². The molecule has 21 heavy (non-hydrogen) atoms. The molecule has 2 aliphatic rings. The molecule has 0 aromatic carbocycles. The lowest BCUT2D eigenvalue weighted by Gasteiger charge is -2.30. The molecular weight excluding hydrogens is 287 g/mol. The highest BCUT2D eigenvalue weighted by Crippen LogP contribution is 2.29. The fourth-order valence-corrected chi connectivity index (χ4v) is 2.72. The number of fused-ring (bicyclic) bond motifs is 1. The smallest absolute Gasteiger partial charge is 0.333 e. The van der Waals surface area contributed by atoms with Crippen LogP contribution < -0.4 is 10.9 Å². The Balaban J connectivity index is 1.75. The van der Waals surface area contributed by atoms with Gasteiger partial charge in [0, 0.05) is 31.9 Å². The highest BCUT2D eigenvalue weighted by molar-refractivity contribution is 5.80. The number of carbonyl (C=O) groups excluding carboxylic acids is 1. The van der Waals surface area contributed by atoms with E-state index in [1.54, 1.807) is 4.90 Å². The summed E-state index contributed by atoms with van der Waals surface area (Å²) in [5.41, 5.74) is 4.99. The summed E-state index contributed by atoms with van der Waals surface area (Å²) in [6.07, 6.45) is -3.44. The normalized spacial score (nSPS) is 26.0. The molecule has 6 nitrogen and oxygen atoms in total. The van der Waals surface area contributed by atoms with Gasteiger partial charge < -0.3 is 9.47 Å². The lowest BCUT2D eigenvalue weighted by molar-refractivity contribution is -0.141. The molecule has 1 amide bonds. The van der Waals surface area contributed by atoms with Gasteiger partial charge in [-0.15, -0.1) is 0 Å². The molecule has 1 aromatic heterocycles. The largest absolute Gasteiger partial charge is 0.434 e. The first-order chi connectivity index (χ1) is 9.86. The van der Waals surface area contributed by atoms with Crippen LogP contribution in [-0.4, -0.2) is 39.5 Å². The number of aromatic nitrogens is 2. The van der Waals surface area contributed by atoms with Crippen LogP contribution in [0.25, 0.3) is 0 Å². The molecule has 2 N–H and O–H groups in total. The van der Waals surface area contributed by atoms with Crippen molar-refractivity contribution in [1.82, 2.24) is 25.3 Å². The highest BCUT2D eigenvalue weighted by atomic mass is 19.4. The Hall–Kier alpha value is -1.61. The zero-order valence-corrected chi connectivity index (χ0v) is 11.4. The van der Waals surface area contributed by atoms with E-state index in [0.29, 0.717) is 19.6 Å². The number of hydrazine groups is 1. The molecule has 0 saturated carbocycles. The molecule has 0 aliphatic carbocycles. The Labute approximate surface area is 119 Å². The number of rotatable bonds is 1. The van der Waals surface area contributed by atoms with E-state index in [1.807, 2.05) is 6.92 Å². The third-order valence-corrected chi connectivity index (χ3v) is 3.98. The van der Waals surface area contributed by atoms with Gasteiger partial charge in [-0.05, 0) is 6.92 Å². The average Bonchev–Trinajstić information content (AvgIpc) is 3.02. The van der Waals surface area contributed by atoms with Crippen molar-refractivity contribution < 1.29 is 18.0 Å². The first kappa shape index (κ1) is 14.3. The number of amides is 1. The van der Waals surface area contributed by atoms with Crippen LogP contribution in [0.5, 0.6) is 0 Å². The van der Waals surface area contributed by atoms with Gasteiger partial charge in [-0.2, -0.15) is 13.2 Å². The third-order valence-electron chi connectivity index (χ3n) is 3.98. The van der Waals surface area contributed by atoms with Crippen molar-refractivity contribution in [3.05, 3.63) is 17.7 Å². The molecule has 2 unspecified atom stereocenters. The molecule has 0 spiro atoms. The van der Waals surface area contributed by atoms with Gasteiger partial charge in [0.2, 0.25) is 5.91 Å². The molecule has 2 aliphatic heterocycles. The maximum Gasteiger partial charge on any atom is 0.434 e. The third kappa shape index (κ3) is 2.62. The Morgan fingerprint density at radius 3 is 2.81 bits per heavy atom. The van der Waals surface area contributed by atoms with Crippen molar-refractivity contribution in [2.75, 3.05) is 13.1 Å². The number of halogens is 3. The van der Waals surface area contributed by atoms with Gasteiger partial charge in [0.05, 0.1) is 12.5 Å². The first-order valence-electron chi connectivity index (χ1n) is 6.76. The number of hydrogen-bond acceptors (Lipinski definition) is 4. The molecule has 116 valence electrons. The van der Waals surface area contributed by atoms with E-state index < -0.39 is 11.9 Å². The van der Waals surface area contributed by atoms with Crippen LogP contribution in [0, 0.1) is 5.92 Å². The van der Waals surface area contributed by atoms with Crippen molar-refractivity contribution in [2.45, 2.75) is 32.2 Å². The Bertz CT molecular complexity index is 556. The van der Waals surface area contributed by atoms with Crippen LogP contribution in [0.3, 0.4) is 0 Å². The Kier molecular flexibility index (Phi) is 3.40. The first-order valence-corrected chi connectivity index (χ1v) is 6.76. The second-order valence-electron chi connectivity index (χ2n) is 5.41. The Morgan fingerprint density at radius 2 is 2.19 bits per heavy atom. The molecule has 9 heteroatoms. The number of hydrogen-bond donors (Lipinski definition) is 2. The molecular formula is C12H16F3N5O. The van der Waals surface area contributed by atoms with Gasteiger partial charge >= 0.3 is 6.18 Å². The summed E-state index contributed by atoms with van der Waals surface area (Å²) in [7, 11) is 0. The van der Waals surface area contributed by atoms with Crippen molar-refractivity contribution in [1.29, 1.82) is 0 Å². The van der Waals surface area contributed by atoms with Crippen LogP contribution in [0.1, 0.15) is 18.4 Å². The topological polar surface area (TPSA) is 62.2 Å². The van der Waals surface area contributed by atoms with Gasteiger partial charge in [0.1, 0.15) is 5.82 Å². The van der Waals surface area contributed by atoms with Crippen molar-refractivity contribution in [3.63, 3.8) is 0 Å². The molecule has 0 bridgehead atoms. The van der Waals surface area contributed by atoms with Gasteiger partial charge in [0.25, 0.3) is 0 Å². The SMILES string of the molecule is CC1NNCC1C(=O)N1CCn2cc(C(F)(F)F)nc2C1. The van der Waals surface area contributed by atoms with Crippen LogP contribution in [0.4, 0.5) is 13.2 Å². The average molecular weight is 303 g/mol. The summed E-state index contributed by atoms with van der Waals surface area (Å²) >= 11 is 0. The number of carbonyl (C=O) groups is 1. The molecule has 1 fully saturated rings. The zero-order chi connectivity index (χ0) is 15.2. The maximum atomic E-state index is 12.7. The summed E-state index contributed by atoms with van der Waals surface area (Å²) in [6.45, 7) is 3.29. The fourth-order valence-electron chi connectivity index (χ4n) is 2.72. The zero-order valence-electron chi connectivity index (χ0n) is 11.4. The quantitative estimate of drug-likeness (QED) is 0.786. The van der Waals surface area contributed by atoms with Gasteiger partial charge in [-0.25, -0.2) is 4.98 Å². The van der Waals surface area contributed by atoms with E-state index >= 15 is 0 Å². The minimum Gasteiger partial charge on any atom is -0.333 e. The van der Waals surface area contributed by atoms with E-state index in [-0.39, 0.29) is 30.2 Å². The van der Waals surface area contributed by atoms with Gasteiger partial charge in [-0.3, -0.25) is 15.6 Å². The summed E-state index contributed by atoms with van der Waals surface area (Å²) in [5.74, 6) is 0.0323. The van der Waals surface area contributed by atoms with E-state index in [2.05, 4.69) is 15.8 Å². The lowest BCUT2D eigenvalue weighted by atomic mass is 10.0. The number of alkyl halides is 3. The van der Waals surface area contributed by atoms with Crippen molar-refractivity contribution >= 4 is 5.91 Å². The molecule has 2 atom stereocenters. The van der Waals surface area contributed by atoms with E-state index in [9.17, 15) is 18.0 Å². The summed E-state index contributed by atoms with van der Waals surface area (Å²) in [4.78, 5) is 17.6. The summed E-state index contributed by atoms with van der Waals surface area (Å²) < 4.78 is 39.4. The predicted octanol–water partition coefficient (Wildman–Crippen LogP) is 0.357. The number of nitrogens with zero attached hydrogens (tertiary/aromatic N) is 3. The summed E-state index contributed by atoms with van der Waals surface area (Å²) in [6, 6.07) is 0.00454. The van der Waals surface area contributed by atoms with Gasteiger partial charge in [-0.1, -0.05) is 0 Å². The second kappa shape index (κ2) is 4.99. The lowest BCUT2D eigenvalue weighted by Crippen LogP contribution is -2.44. The molecule has 3 rings (SSSR count). The predicted molar refractivity (Wildman–Crippen MR) is 66.7 cm³/mol.